The largest absolute Gasteiger partial charge is 0.391 e. The molecule has 1 aliphatic heterocycles. The molecule has 0 aliphatic carbocycles. The van der Waals surface area contributed by atoms with Crippen LogP contribution in [0.4, 0.5) is 4.79 Å². The third-order valence-electron chi connectivity index (χ3n) is 4.61. The molecule has 2 aromatic rings. The fraction of sp³-hybridized carbons (Fsp3) is 0.500. The number of aliphatic hydroxyl groups excluding tert-OH is 1. The first-order chi connectivity index (χ1) is 12.0. The second-order valence-corrected chi connectivity index (χ2v) is 6.66. The number of hydrogen-bond acceptors (Lipinski definition) is 5. The lowest BCUT2D eigenvalue weighted by Gasteiger charge is -2.34. The van der Waals surface area contributed by atoms with Crippen molar-refractivity contribution in [3.63, 3.8) is 0 Å². The molecule has 3 atom stereocenters. The highest BCUT2D eigenvalue weighted by molar-refractivity contribution is 5.74. The number of hydrogen-bond donors (Lipinski definition) is 2. The van der Waals surface area contributed by atoms with Gasteiger partial charge in [-0.2, -0.15) is 4.98 Å². The molecule has 2 amide bonds. The SMILES string of the molecule is CC(NC(=O)N1CCC(C)C(O)C1)c1nc(Cc2ccccc2)no1. The third-order valence-corrected chi connectivity index (χ3v) is 4.61. The Morgan fingerprint density at radius 3 is 2.92 bits per heavy atom. The minimum absolute atomic E-state index is 0.220. The van der Waals surface area contributed by atoms with Crippen LogP contribution < -0.4 is 5.32 Å². The maximum Gasteiger partial charge on any atom is 0.318 e. The van der Waals surface area contributed by atoms with Gasteiger partial charge in [0.05, 0.1) is 6.10 Å². The van der Waals surface area contributed by atoms with E-state index in [1.165, 1.54) is 0 Å². The predicted molar refractivity (Wildman–Crippen MR) is 91.9 cm³/mol. The number of rotatable bonds is 4. The van der Waals surface area contributed by atoms with E-state index in [1.807, 2.05) is 37.3 Å². The molecule has 1 aromatic carbocycles. The molecular weight excluding hydrogens is 320 g/mol. The van der Waals surface area contributed by atoms with Crippen molar-refractivity contribution in [3.05, 3.63) is 47.6 Å². The van der Waals surface area contributed by atoms with Gasteiger partial charge in [-0.1, -0.05) is 42.4 Å². The standard InChI is InChI=1S/C18H24N4O3/c1-12-8-9-22(11-15(12)23)18(24)19-13(2)17-20-16(21-25-17)10-14-6-4-3-5-7-14/h3-7,12-13,15,23H,8-11H2,1-2H3,(H,19,24). The quantitative estimate of drug-likeness (QED) is 0.886. The zero-order valence-electron chi connectivity index (χ0n) is 14.6. The van der Waals surface area contributed by atoms with Crippen molar-refractivity contribution in [1.29, 1.82) is 0 Å². The Kier molecular flexibility index (Phi) is 5.33. The summed E-state index contributed by atoms with van der Waals surface area (Å²) in [5.41, 5.74) is 1.10. The van der Waals surface area contributed by atoms with Crippen molar-refractivity contribution in [3.8, 4) is 0 Å². The van der Waals surface area contributed by atoms with Gasteiger partial charge in [-0.05, 0) is 24.8 Å². The van der Waals surface area contributed by atoms with E-state index in [0.29, 0.717) is 31.2 Å². The van der Waals surface area contributed by atoms with E-state index in [4.69, 9.17) is 4.52 Å². The first-order valence-corrected chi connectivity index (χ1v) is 8.63. The van der Waals surface area contributed by atoms with E-state index >= 15 is 0 Å². The van der Waals surface area contributed by atoms with E-state index < -0.39 is 6.10 Å². The van der Waals surface area contributed by atoms with Crippen molar-refractivity contribution in [2.75, 3.05) is 13.1 Å². The molecule has 1 aliphatic rings. The van der Waals surface area contributed by atoms with Crippen LogP contribution in [0.3, 0.4) is 0 Å². The highest BCUT2D eigenvalue weighted by Gasteiger charge is 2.28. The molecule has 0 spiro atoms. The number of nitrogens with one attached hydrogen (secondary N) is 1. The highest BCUT2D eigenvalue weighted by Crippen LogP contribution is 2.18. The monoisotopic (exact) mass is 344 g/mol. The summed E-state index contributed by atoms with van der Waals surface area (Å²) in [5.74, 6) is 1.19. The number of carbonyl (C=O) groups is 1. The molecule has 2 N–H and O–H groups in total. The number of piperidine rings is 1. The summed E-state index contributed by atoms with van der Waals surface area (Å²) in [6, 6.07) is 9.29. The van der Waals surface area contributed by atoms with Gasteiger partial charge in [-0.15, -0.1) is 0 Å². The maximum absolute atomic E-state index is 12.3. The summed E-state index contributed by atoms with van der Waals surface area (Å²) in [4.78, 5) is 18.3. The zero-order valence-corrected chi connectivity index (χ0v) is 14.6. The van der Waals surface area contributed by atoms with Gasteiger partial charge in [-0.25, -0.2) is 4.79 Å². The van der Waals surface area contributed by atoms with Crippen LogP contribution in [0.1, 0.15) is 43.6 Å². The molecule has 3 rings (SSSR count). The Bertz CT molecular complexity index is 703. The number of likely N-dealkylation sites (tertiary alicyclic amines) is 1. The van der Waals surface area contributed by atoms with Gasteiger partial charge >= 0.3 is 6.03 Å². The van der Waals surface area contributed by atoms with E-state index in [9.17, 15) is 9.90 Å². The molecule has 134 valence electrons. The molecule has 2 heterocycles. The van der Waals surface area contributed by atoms with Crippen molar-refractivity contribution >= 4 is 6.03 Å². The molecule has 0 saturated carbocycles. The number of β-amino-alcohol motifs (C(OH)–C–C–N with tert-alkyl or cyclic N) is 1. The number of amides is 2. The number of aliphatic hydroxyl groups is 1. The lowest BCUT2D eigenvalue weighted by Crippen LogP contribution is -2.50. The summed E-state index contributed by atoms with van der Waals surface area (Å²) >= 11 is 0. The van der Waals surface area contributed by atoms with Gasteiger partial charge in [0.1, 0.15) is 6.04 Å². The minimum atomic E-state index is -0.476. The molecule has 7 nitrogen and oxygen atoms in total. The summed E-state index contributed by atoms with van der Waals surface area (Å²) in [6.07, 6.45) is 0.905. The Morgan fingerprint density at radius 1 is 1.44 bits per heavy atom. The molecule has 7 heteroatoms. The number of benzene rings is 1. The topological polar surface area (TPSA) is 91.5 Å². The first kappa shape index (κ1) is 17.4. The Labute approximate surface area is 147 Å². The number of aromatic nitrogens is 2. The molecule has 1 saturated heterocycles. The van der Waals surface area contributed by atoms with E-state index in [1.54, 1.807) is 11.8 Å². The van der Waals surface area contributed by atoms with Crippen LogP contribution >= 0.6 is 0 Å². The molecule has 25 heavy (non-hydrogen) atoms. The molecule has 0 radical (unpaired) electrons. The lowest BCUT2D eigenvalue weighted by atomic mass is 9.96. The van der Waals surface area contributed by atoms with Crippen molar-refractivity contribution in [2.45, 2.75) is 38.8 Å². The van der Waals surface area contributed by atoms with Crippen molar-refractivity contribution in [2.24, 2.45) is 5.92 Å². The van der Waals surface area contributed by atoms with Gasteiger partial charge in [0.25, 0.3) is 0 Å². The van der Waals surface area contributed by atoms with Crippen LogP contribution in [0, 0.1) is 5.92 Å². The minimum Gasteiger partial charge on any atom is -0.391 e. The molecular formula is C18H24N4O3. The van der Waals surface area contributed by atoms with Crippen LogP contribution in [0.5, 0.6) is 0 Å². The highest BCUT2D eigenvalue weighted by atomic mass is 16.5. The van der Waals surface area contributed by atoms with Gasteiger partial charge in [0, 0.05) is 19.5 Å². The van der Waals surface area contributed by atoms with E-state index in [-0.39, 0.29) is 18.0 Å². The maximum atomic E-state index is 12.3. The number of urea groups is 1. The van der Waals surface area contributed by atoms with Crippen molar-refractivity contribution < 1.29 is 14.4 Å². The number of nitrogens with zero attached hydrogens (tertiary/aromatic N) is 3. The van der Waals surface area contributed by atoms with E-state index in [2.05, 4.69) is 15.5 Å². The molecule has 0 bridgehead atoms. The Balaban J connectivity index is 1.56. The van der Waals surface area contributed by atoms with Gasteiger partial charge in [-0.3, -0.25) is 0 Å². The van der Waals surface area contributed by atoms with Crippen LogP contribution in [0.15, 0.2) is 34.9 Å². The Morgan fingerprint density at radius 2 is 2.20 bits per heavy atom. The van der Waals surface area contributed by atoms with Crippen molar-refractivity contribution in [1.82, 2.24) is 20.4 Å². The summed E-state index contributed by atoms with van der Waals surface area (Å²) < 4.78 is 5.28. The van der Waals surface area contributed by atoms with Crippen LogP contribution in [0.25, 0.3) is 0 Å². The van der Waals surface area contributed by atoms with Crippen LogP contribution in [-0.2, 0) is 6.42 Å². The van der Waals surface area contributed by atoms with Gasteiger partial charge in [0.2, 0.25) is 5.89 Å². The second kappa shape index (κ2) is 7.65. The smallest absolute Gasteiger partial charge is 0.318 e. The fourth-order valence-corrected chi connectivity index (χ4v) is 2.87. The predicted octanol–water partition coefficient (Wildman–Crippen LogP) is 2.13. The summed E-state index contributed by atoms with van der Waals surface area (Å²) in [5, 5.41) is 16.8. The number of carbonyl (C=O) groups excluding carboxylic acids is 1. The van der Waals surface area contributed by atoms with Gasteiger partial charge in [0.15, 0.2) is 5.82 Å². The first-order valence-electron chi connectivity index (χ1n) is 8.63. The summed E-state index contributed by atoms with van der Waals surface area (Å²) in [7, 11) is 0. The van der Waals surface area contributed by atoms with Gasteiger partial charge < -0.3 is 19.8 Å². The lowest BCUT2D eigenvalue weighted by molar-refractivity contribution is 0.0429. The third kappa shape index (κ3) is 4.36. The fourth-order valence-electron chi connectivity index (χ4n) is 2.87. The van der Waals surface area contributed by atoms with Crippen LogP contribution in [0.2, 0.25) is 0 Å². The Hall–Kier alpha value is -2.41. The summed E-state index contributed by atoms with van der Waals surface area (Å²) in [6.45, 7) is 4.79. The molecule has 3 unspecified atom stereocenters. The normalized spacial score (nSPS) is 21.8. The van der Waals surface area contributed by atoms with E-state index in [0.717, 1.165) is 12.0 Å². The second-order valence-electron chi connectivity index (χ2n) is 6.66. The zero-order chi connectivity index (χ0) is 17.8. The molecule has 1 fully saturated rings. The molecule has 1 aromatic heterocycles. The average molecular weight is 344 g/mol. The van der Waals surface area contributed by atoms with Crippen LogP contribution in [-0.4, -0.2) is 45.4 Å². The average Bonchev–Trinajstić information content (AvgIpc) is 3.07.